The van der Waals surface area contributed by atoms with Crippen LogP contribution in [0.5, 0.6) is 0 Å². The molecule has 2 N–H and O–H groups in total. The zero-order valence-corrected chi connectivity index (χ0v) is 11.2. The Kier molecular flexibility index (Phi) is 4.53. The Balaban J connectivity index is 2.41. The lowest BCUT2D eigenvalue weighted by Crippen LogP contribution is -2.38. The minimum atomic E-state index is -1.11. The largest absolute Gasteiger partial charge is 0.457 e. The predicted molar refractivity (Wildman–Crippen MR) is 67.3 cm³/mol. The number of ether oxygens (including phenoxy) is 2. The van der Waals surface area contributed by atoms with Gasteiger partial charge in [0.2, 0.25) is 0 Å². The minimum absolute atomic E-state index is 0.485. The highest BCUT2D eigenvalue weighted by atomic mass is 19.1. The number of aliphatic hydroxyl groups excluding tert-OH is 1. The monoisotopic (exact) mass is 302 g/mol. The number of halogens is 1. The number of hydrogen-bond acceptors (Lipinski definition) is 6. The summed E-state index contributed by atoms with van der Waals surface area (Å²) in [6.07, 6.45) is -1.94. The van der Waals surface area contributed by atoms with E-state index in [1.54, 1.807) is 0 Å². The van der Waals surface area contributed by atoms with Crippen LogP contribution in [0.2, 0.25) is 0 Å². The molecule has 116 valence electrons. The summed E-state index contributed by atoms with van der Waals surface area (Å²) < 4.78 is 24.6. The number of alkyl halides is 1. The molecule has 4 atom stereocenters. The van der Waals surface area contributed by atoms with Crippen LogP contribution in [0.4, 0.5) is 4.39 Å². The van der Waals surface area contributed by atoms with E-state index in [2.05, 4.69) is 0 Å². The standard InChI is InChI=1S/C12H15FN2O6/c1-6(17)20-10-7(4-13)8(5-16)21-11(10)15-3-2-9(18)14-12(15)19/h2-3,7-8,10-11,16H,4-5H2,1H3,(H,14,18,19)/t7-,8-,10-,11-/m1/s1. The summed E-state index contributed by atoms with van der Waals surface area (Å²) in [5.41, 5.74) is -1.38. The Morgan fingerprint density at radius 3 is 2.81 bits per heavy atom. The number of carbonyl (C=O) groups is 1. The van der Waals surface area contributed by atoms with Crippen LogP contribution in [0.3, 0.4) is 0 Å². The van der Waals surface area contributed by atoms with Crippen LogP contribution >= 0.6 is 0 Å². The molecule has 0 aromatic carbocycles. The highest BCUT2D eigenvalue weighted by molar-refractivity contribution is 5.66. The van der Waals surface area contributed by atoms with Gasteiger partial charge in [0.15, 0.2) is 12.3 Å². The molecule has 9 heteroatoms. The van der Waals surface area contributed by atoms with Crippen molar-refractivity contribution in [2.45, 2.75) is 25.4 Å². The number of aromatic amines is 1. The third-order valence-corrected chi connectivity index (χ3v) is 3.28. The first-order valence-electron chi connectivity index (χ1n) is 6.29. The Labute approximate surface area is 118 Å². The van der Waals surface area contributed by atoms with Gasteiger partial charge < -0.3 is 14.6 Å². The number of H-pyrrole nitrogens is 1. The van der Waals surface area contributed by atoms with Crippen molar-refractivity contribution in [2.24, 2.45) is 5.92 Å². The van der Waals surface area contributed by atoms with Gasteiger partial charge in [-0.2, -0.15) is 0 Å². The van der Waals surface area contributed by atoms with E-state index in [0.29, 0.717) is 0 Å². The van der Waals surface area contributed by atoms with Crippen molar-refractivity contribution in [1.82, 2.24) is 9.55 Å². The first kappa shape index (κ1) is 15.4. The molecule has 0 spiro atoms. The van der Waals surface area contributed by atoms with E-state index in [-0.39, 0.29) is 0 Å². The molecular formula is C12H15FN2O6. The van der Waals surface area contributed by atoms with Crippen LogP contribution in [0.15, 0.2) is 21.9 Å². The fourth-order valence-corrected chi connectivity index (χ4v) is 2.33. The molecule has 2 rings (SSSR count). The average Bonchev–Trinajstić information content (AvgIpc) is 2.75. The van der Waals surface area contributed by atoms with E-state index in [0.717, 1.165) is 23.8 Å². The van der Waals surface area contributed by atoms with E-state index < -0.39 is 54.9 Å². The number of nitrogens with zero attached hydrogens (tertiary/aromatic N) is 1. The number of aromatic nitrogens is 2. The van der Waals surface area contributed by atoms with Crippen molar-refractivity contribution in [1.29, 1.82) is 0 Å². The quantitative estimate of drug-likeness (QED) is 0.686. The molecule has 1 aliphatic heterocycles. The Morgan fingerprint density at radius 2 is 2.29 bits per heavy atom. The maximum Gasteiger partial charge on any atom is 0.330 e. The summed E-state index contributed by atoms with van der Waals surface area (Å²) in [5, 5.41) is 9.22. The first-order chi connectivity index (χ1) is 9.97. The molecule has 0 bridgehead atoms. The van der Waals surface area contributed by atoms with E-state index in [9.17, 15) is 23.9 Å². The van der Waals surface area contributed by atoms with Crippen LogP contribution < -0.4 is 11.2 Å². The van der Waals surface area contributed by atoms with Crippen LogP contribution in [0.1, 0.15) is 13.2 Å². The normalized spacial score (nSPS) is 28.5. The molecule has 21 heavy (non-hydrogen) atoms. The second-order valence-electron chi connectivity index (χ2n) is 4.66. The first-order valence-corrected chi connectivity index (χ1v) is 6.29. The summed E-state index contributed by atoms with van der Waals surface area (Å²) in [4.78, 5) is 36.0. The lowest BCUT2D eigenvalue weighted by molar-refractivity contribution is -0.154. The molecule has 1 saturated heterocycles. The van der Waals surface area contributed by atoms with Crippen LogP contribution in [-0.2, 0) is 14.3 Å². The minimum Gasteiger partial charge on any atom is -0.457 e. The number of esters is 1. The summed E-state index contributed by atoms with van der Waals surface area (Å²) >= 11 is 0. The maximum absolute atomic E-state index is 13.2. The molecule has 0 radical (unpaired) electrons. The third kappa shape index (κ3) is 3.03. The lowest BCUT2D eigenvalue weighted by Gasteiger charge is -2.22. The fraction of sp³-hybridized carbons (Fsp3) is 0.583. The van der Waals surface area contributed by atoms with Crippen molar-refractivity contribution >= 4 is 5.97 Å². The van der Waals surface area contributed by atoms with Gasteiger partial charge in [-0.3, -0.25) is 23.5 Å². The topological polar surface area (TPSA) is 111 Å². The van der Waals surface area contributed by atoms with Gasteiger partial charge in [0.05, 0.1) is 25.3 Å². The van der Waals surface area contributed by atoms with Crippen LogP contribution in [0, 0.1) is 5.92 Å². The van der Waals surface area contributed by atoms with Gasteiger partial charge in [0.25, 0.3) is 5.56 Å². The summed E-state index contributed by atoms with van der Waals surface area (Å²) in [6.45, 7) is -0.229. The van der Waals surface area contributed by atoms with E-state index in [1.807, 2.05) is 4.98 Å². The van der Waals surface area contributed by atoms with Crippen molar-refractivity contribution in [3.63, 3.8) is 0 Å². The Morgan fingerprint density at radius 1 is 1.57 bits per heavy atom. The number of aliphatic hydroxyl groups is 1. The van der Waals surface area contributed by atoms with E-state index in [4.69, 9.17) is 9.47 Å². The molecule has 0 unspecified atom stereocenters. The van der Waals surface area contributed by atoms with Gasteiger partial charge >= 0.3 is 11.7 Å². The summed E-state index contributed by atoms with van der Waals surface area (Å²) in [7, 11) is 0. The van der Waals surface area contributed by atoms with Crippen LogP contribution in [0.25, 0.3) is 0 Å². The van der Waals surface area contributed by atoms with E-state index >= 15 is 0 Å². The molecule has 1 fully saturated rings. The predicted octanol–water partition coefficient (Wildman–Crippen LogP) is -1.06. The molecule has 8 nitrogen and oxygen atoms in total. The number of nitrogens with one attached hydrogen (secondary N) is 1. The van der Waals surface area contributed by atoms with Gasteiger partial charge in [-0.05, 0) is 0 Å². The maximum atomic E-state index is 13.2. The molecule has 2 heterocycles. The van der Waals surface area contributed by atoms with Crippen molar-refractivity contribution < 1.29 is 23.8 Å². The molecule has 0 amide bonds. The van der Waals surface area contributed by atoms with Gasteiger partial charge in [0, 0.05) is 19.2 Å². The lowest BCUT2D eigenvalue weighted by atomic mass is 10.00. The van der Waals surface area contributed by atoms with Gasteiger partial charge in [-0.1, -0.05) is 0 Å². The second kappa shape index (κ2) is 6.19. The molecule has 1 aromatic heterocycles. The molecule has 1 aliphatic rings. The second-order valence-corrected chi connectivity index (χ2v) is 4.66. The number of hydrogen-bond donors (Lipinski definition) is 2. The highest BCUT2D eigenvalue weighted by Gasteiger charge is 2.47. The van der Waals surface area contributed by atoms with Crippen molar-refractivity contribution in [3.8, 4) is 0 Å². The Hall–Kier alpha value is -2.00. The summed E-state index contributed by atoms with van der Waals surface area (Å²) in [5.74, 6) is -1.56. The molecule has 0 aliphatic carbocycles. The molecule has 0 saturated carbocycles. The highest BCUT2D eigenvalue weighted by Crippen LogP contribution is 2.35. The zero-order valence-electron chi connectivity index (χ0n) is 11.2. The van der Waals surface area contributed by atoms with Crippen molar-refractivity contribution in [2.75, 3.05) is 13.3 Å². The smallest absolute Gasteiger partial charge is 0.330 e. The van der Waals surface area contributed by atoms with E-state index in [1.165, 1.54) is 0 Å². The SMILES string of the molecule is CC(=O)O[C@@H]1[C@H](CF)[C@@H](CO)O[C@H]1n1ccc(=O)[nH]c1=O. The Bertz CT molecular complexity index is 627. The molecular weight excluding hydrogens is 287 g/mol. The molecule has 1 aromatic rings. The zero-order chi connectivity index (χ0) is 15.6. The fourth-order valence-electron chi connectivity index (χ4n) is 2.33. The van der Waals surface area contributed by atoms with Crippen LogP contribution in [-0.4, -0.2) is 46.1 Å². The number of rotatable bonds is 4. The van der Waals surface area contributed by atoms with Crippen molar-refractivity contribution in [3.05, 3.63) is 33.1 Å². The summed E-state index contributed by atoms with van der Waals surface area (Å²) in [6, 6.07) is 1.09. The van der Waals surface area contributed by atoms with Gasteiger partial charge in [-0.15, -0.1) is 0 Å². The van der Waals surface area contributed by atoms with Gasteiger partial charge in [0.1, 0.15) is 0 Å². The van der Waals surface area contributed by atoms with Gasteiger partial charge in [-0.25, -0.2) is 4.79 Å². The average molecular weight is 302 g/mol. The third-order valence-electron chi connectivity index (χ3n) is 3.28. The number of carbonyl (C=O) groups excluding carboxylic acids is 1.